The molecule has 0 radical (unpaired) electrons. The number of rotatable bonds is 7. The lowest BCUT2D eigenvalue weighted by atomic mass is 9.96. The minimum absolute atomic E-state index is 0.343. The molecule has 0 bridgehead atoms. The Kier molecular flexibility index (Phi) is 7.20. The summed E-state index contributed by atoms with van der Waals surface area (Å²) >= 11 is 0. The lowest BCUT2D eigenvalue weighted by molar-refractivity contribution is 0.0387. The van der Waals surface area contributed by atoms with Gasteiger partial charge in [0, 0.05) is 12.6 Å². The van der Waals surface area contributed by atoms with Crippen molar-refractivity contribution in [1.29, 1.82) is 0 Å². The highest BCUT2D eigenvalue weighted by atomic mass is 16.5. The zero-order chi connectivity index (χ0) is 11.1. The summed E-state index contributed by atoms with van der Waals surface area (Å²) in [5.74, 6) is 1.31. The van der Waals surface area contributed by atoms with Crippen LogP contribution in [0, 0.1) is 11.8 Å². The van der Waals surface area contributed by atoms with Crippen molar-refractivity contribution in [2.24, 2.45) is 11.8 Å². The number of nitrogens with one attached hydrogen (secondary N) is 1. The SMILES string of the molecule is CC(C)NCC(COC(C)C)C(C)C. The van der Waals surface area contributed by atoms with Crippen LogP contribution in [0.3, 0.4) is 0 Å². The first-order valence-corrected chi connectivity index (χ1v) is 5.78. The summed E-state index contributed by atoms with van der Waals surface area (Å²) in [6.45, 7) is 15.0. The van der Waals surface area contributed by atoms with Gasteiger partial charge in [-0.2, -0.15) is 0 Å². The summed E-state index contributed by atoms with van der Waals surface area (Å²) in [5.41, 5.74) is 0. The zero-order valence-corrected chi connectivity index (χ0v) is 10.6. The first-order valence-electron chi connectivity index (χ1n) is 5.78. The molecule has 1 N–H and O–H groups in total. The van der Waals surface area contributed by atoms with Gasteiger partial charge < -0.3 is 10.1 Å². The van der Waals surface area contributed by atoms with Crippen LogP contribution in [0.15, 0.2) is 0 Å². The molecule has 0 spiro atoms. The van der Waals surface area contributed by atoms with Crippen LogP contribution >= 0.6 is 0 Å². The van der Waals surface area contributed by atoms with Gasteiger partial charge >= 0.3 is 0 Å². The third-order valence-electron chi connectivity index (χ3n) is 2.37. The quantitative estimate of drug-likeness (QED) is 0.684. The van der Waals surface area contributed by atoms with Gasteiger partial charge in [0.15, 0.2) is 0 Å². The topological polar surface area (TPSA) is 21.3 Å². The first kappa shape index (κ1) is 13.9. The smallest absolute Gasteiger partial charge is 0.0519 e. The molecule has 0 aliphatic carbocycles. The lowest BCUT2D eigenvalue weighted by Crippen LogP contribution is -2.34. The second kappa shape index (κ2) is 7.24. The Labute approximate surface area is 89.4 Å². The molecular weight excluding hydrogens is 174 g/mol. The Morgan fingerprint density at radius 2 is 1.57 bits per heavy atom. The molecule has 0 amide bonds. The van der Waals surface area contributed by atoms with Gasteiger partial charge in [-0.3, -0.25) is 0 Å². The van der Waals surface area contributed by atoms with Gasteiger partial charge in [0.1, 0.15) is 0 Å². The monoisotopic (exact) mass is 201 g/mol. The highest BCUT2D eigenvalue weighted by Crippen LogP contribution is 2.11. The van der Waals surface area contributed by atoms with Crippen molar-refractivity contribution >= 4 is 0 Å². The lowest BCUT2D eigenvalue weighted by Gasteiger charge is -2.23. The molecule has 2 nitrogen and oxygen atoms in total. The van der Waals surface area contributed by atoms with E-state index in [0.717, 1.165) is 13.2 Å². The maximum atomic E-state index is 5.66. The van der Waals surface area contributed by atoms with Crippen LogP contribution < -0.4 is 5.32 Å². The predicted octanol–water partition coefficient (Wildman–Crippen LogP) is 2.68. The van der Waals surface area contributed by atoms with Crippen molar-refractivity contribution in [3.05, 3.63) is 0 Å². The molecule has 0 rings (SSSR count). The second-order valence-electron chi connectivity index (χ2n) is 4.95. The molecule has 0 aliphatic rings. The Bertz CT molecular complexity index is 120. The van der Waals surface area contributed by atoms with Gasteiger partial charge in [-0.05, 0) is 25.7 Å². The van der Waals surface area contributed by atoms with Crippen molar-refractivity contribution in [3.63, 3.8) is 0 Å². The summed E-state index contributed by atoms with van der Waals surface area (Å²) in [6, 6.07) is 0.565. The van der Waals surface area contributed by atoms with Crippen LogP contribution in [0.2, 0.25) is 0 Å². The fourth-order valence-corrected chi connectivity index (χ4v) is 1.19. The summed E-state index contributed by atoms with van der Waals surface area (Å²) in [4.78, 5) is 0. The molecule has 0 fully saturated rings. The van der Waals surface area contributed by atoms with E-state index >= 15 is 0 Å². The molecule has 0 aromatic carbocycles. The minimum atomic E-state index is 0.343. The van der Waals surface area contributed by atoms with Crippen molar-refractivity contribution in [2.45, 2.75) is 53.7 Å². The Balaban J connectivity index is 3.78. The molecular formula is C12H27NO. The molecule has 2 heteroatoms. The van der Waals surface area contributed by atoms with E-state index in [0.29, 0.717) is 24.0 Å². The predicted molar refractivity (Wildman–Crippen MR) is 62.6 cm³/mol. The van der Waals surface area contributed by atoms with Crippen molar-refractivity contribution in [2.75, 3.05) is 13.2 Å². The van der Waals surface area contributed by atoms with Gasteiger partial charge in [0.05, 0.1) is 12.7 Å². The summed E-state index contributed by atoms with van der Waals surface area (Å²) in [5, 5.41) is 3.47. The van der Waals surface area contributed by atoms with E-state index in [1.54, 1.807) is 0 Å². The van der Waals surface area contributed by atoms with Gasteiger partial charge in [-0.15, -0.1) is 0 Å². The highest BCUT2D eigenvalue weighted by molar-refractivity contribution is 4.67. The molecule has 0 aliphatic heterocycles. The van der Waals surface area contributed by atoms with Crippen molar-refractivity contribution in [3.8, 4) is 0 Å². The van der Waals surface area contributed by atoms with E-state index < -0.39 is 0 Å². The second-order valence-corrected chi connectivity index (χ2v) is 4.95. The third kappa shape index (κ3) is 7.34. The van der Waals surface area contributed by atoms with Crippen LogP contribution in [-0.2, 0) is 4.74 Å². The molecule has 14 heavy (non-hydrogen) atoms. The van der Waals surface area contributed by atoms with Crippen LogP contribution in [0.25, 0.3) is 0 Å². The van der Waals surface area contributed by atoms with Crippen molar-refractivity contribution in [1.82, 2.24) is 5.32 Å². The highest BCUT2D eigenvalue weighted by Gasteiger charge is 2.14. The molecule has 86 valence electrons. The minimum Gasteiger partial charge on any atom is -0.378 e. The maximum Gasteiger partial charge on any atom is 0.0519 e. The van der Waals surface area contributed by atoms with Crippen molar-refractivity contribution < 1.29 is 4.74 Å². The van der Waals surface area contributed by atoms with E-state index in [9.17, 15) is 0 Å². The molecule has 0 saturated carbocycles. The van der Waals surface area contributed by atoms with E-state index in [-0.39, 0.29) is 0 Å². The molecule has 0 aromatic rings. The number of ether oxygens (including phenoxy) is 1. The normalized spacial score (nSPS) is 14.4. The Morgan fingerprint density at radius 1 is 1.00 bits per heavy atom. The van der Waals surface area contributed by atoms with Crippen LogP contribution in [-0.4, -0.2) is 25.3 Å². The van der Waals surface area contributed by atoms with Crippen LogP contribution in [0.4, 0.5) is 0 Å². The standard InChI is InChI=1S/C12H27NO/c1-9(2)12(7-13-10(3)4)8-14-11(5)6/h9-13H,7-8H2,1-6H3. The summed E-state index contributed by atoms with van der Waals surface area (Å²) < 4.78 is 5.66. The Morgan fingerprint density at radius 3 is 1.93 bits per heavy atom. The molecule has 0 heterocycles. The summed E-state index contributed by atoms with van der Waals surface area (Å²) in [7, 11) is 0. The van der Waals surface area contributed by atoms with E-state index in [2.05, 4.69) is 46.9 Å². The van der Waals surface area contributed by atoms with E-state index in [1.165, 1.54) is 0 Å². The van der Waals surface area contributed by atoms with Crippen LogP contribution in [0.1, 0.15) is 41.5 Å². The fourth-order valence-electron chi connectivity index (χ4n) is 1.19. The average molecular weight is 201 g/mol. The molecule has 1 atom stereocenters. The maximum absolute atomic E-state index is 5.66. The first-order chi connectivity index (χ1) is 6.43. The number of hydrogen-bond donors (Lipinski definition) is 1. The van der Waals surface area contributed by atoms with Gasteiger partial charge in [-0.1, -0.05) is 27.7 Å². The fraction of sp³-hybridized carbons (Fsp3) is 1.00. The summed E-state index contributed by atoms with van der Waals surface area (Å²) in [6.07, 6.45) is 0.343. The average Bonchev–Trinajstić information content (AvgIpc) is 2.02. The largest absolute Gasteiger partial charge is 0.378 e. The van der Waals surface area contributed by atoms with E-state index in [4.69, 9.17) is 4.74 Å². The Hall–Kier alpha value is -0.0800. The van der Waals surface area contributed by atoms with Gasteiger partial charge in [0.25, 0.3) is 0 Å². The number of hydrogen-bond acceptors (Lipinski definition) is 2. The van der Waals surface area contributed by atoms with Crippen LogP contribution in [0.5, 0.6) is 0 Å². The van der Waals surface area contributed by atoms with E-state index in [1.807, 2.05) is 0 Å². The third-order valence-corrected chi connectivity index (χ3v) is 2.37. The molecule has 0 aromatic heterocycles. The molecule has 1 unspecified atom stereocenters. The molecule has 0 saturated heterocycles. The van der Waals surface area contributed by atoms with Gasteiger partial charge in [-0.25, -0.2) is 0 Å². The van der Waals surface area contributed by atoms with Gasteiger partial charge in [0.2, 0.25) is 0 Å². The zero-order valence-electron chi connectivity index (χ0n) is 10.6.